The Hall–Kier alpha value is -2.78. The molecule has 3 aromatic carbocycles. The van der Waals surface area contributed by atoms with Gasteiger partial charge in [0.1, 0.15) is 12.4 Å². The van der Waals surface area contributed by atoms with E-state index in [-0.39, 0.29) is 0 Å². The van der Waals surface area contributed by atoms with Crippen LogP contribution in [0, 0.1) is 0 Å². The smallest absolute Gasteiger partial charge is 0.120 e. The van der Waals surface area contributed by atoms with E-state index in [0.717, 1.165) is 38.5 Å². The van der Waals surface area contributed by atoms with Crippen molar-refractivity contribution in [2.24, 2.45) is 0 Å². The van der Waals surface area contributed by atoms with Crippen LogP contribution >= 0.6 is 0 Å². The van der Waals surface area contributed by atoms with Gasteiger partial charge >= 0.3 is 0 Å². The molecule has 1 saturated heterocycles. The highest BCUT2D eigenvalue weighted by Crippen LogP contribution is 2.19. The molecule has 3 aromatic rings. The SMILES string of the molecule is c1ccc(COc2cccc(CN3CCN(c4ccccc4)CC3)c2)cc1. The molecule has 0 aromatic heterocycles. The van der Waals surface area contributed by atoms with Crippen molar-refractivity contribution in [2.45, 2.75) is 13.2 Å². The fraction of sp³-hybridized carbons (Fsp3) is 0.250. The molecule has 138 valence electrons. The molecule has 1 fully saturated rings. The lowest BCUT2D eigenvalue weighted by atomic mass is 10.1. The molecule has 27 heavy (non-hydrogen) atoms. The maximum Gasteiger partial charge on any atom is 0.120 e. The molecule has 0 N–H and O–H groups in total. The van der Waals surface area contributed by atoms with Crippen molar-refractivity contribution >= 4 is 5.69 Å². The Balaban J connectivity index is 1.30. The van der Waals surface area contributed by atoms with Crippen LogP contribution in [0.4, 0.5) is 5.69 Å². The number of rotatable bonds is 6. The van der Waals surface area contributed by atoms with Crippen LogP contribution in [0.2, 0.25) is 0 Å². The van der Waals surface area contributed by atoms with Gasteiger partial charge < -0.3 is 9.64 Å². The van der Waals surface area contributed by atoms with Gasteiger partial charge in [0.2, 0.25) is 0 Å². The van der Waals surface area contributed by atoms with Gasteiger partial charge in [-0.2, -0.15) is 0 Å². The highest BCUT2D eigenvalue weighted by atomic mass is 16.5. The Morgan fingerprint density at radius 3 is 2.07 bits per heavy atom. The minimum absolute atomic E-state index is 0.611. The van der Waals surface area contributed by atoms with Gasteiger partial charge in [-0.3, -0.25) is 4.90 Å². The predicted octanol–water partition coefficient (Wildman–Crippen LogP) is 4.59. The largest absolute Gasteiger partial charge is 0.489 e. The van der Waals surface area contributed by atoms with Crippen molar-refractivity contribution < 1.29 is 4.74 Å². The Labute approximate surface area is 161 Å². The molecule has 0 atom stereocenters. The van der Waals surface area contributed by atoms with E-state index < -0.39 is 0 Å². The highest BCUT2D eigenvalue weighted by molar-refractivity contribution is 5.46. The van der Waals surface area contributed by atoms with Gasteiger partial charge in [0, 0.05) is 38.4 Å². The van der Waals surface area contributed by atoms with Crippen LogP contribution in [0.15, 0.2) is 84.9 Å². The summed E-state index contributed by atoms with van der Waals surface area (Å²) in [5.41, 5.74) is 3.84. The molecule has 0 bridgehead atoms. The first-order valence-corrected chi connectivity index (χ1v) is 9.65. The quantitative estimate of drug-likeness (QED) is 0.641. The number of piperazine rings is 1. The normalized spacial score (nSPS) is 14.9. The van der Waals surface area contributed by atoms with Crippen LogP contribution < -0.4 is 9.64 Å². The zero-order valence-corrected chi connectivity index (χ0v) is 15.6. The average Bonchev–Trinajstić information content (AvgIpc) is 2.75. The summed E-state index contributed by atoms with van der Waals surface area (Å²) in [5.74, 6) is 0.944. The average molecular weight is 358 g/mol. The molecular formula is C24H26N2O. The topological polar surface area (TPSA) is 15.7 Å². The van der Waals surface area contributed by atoms with Crippen molar-refractivity contribution in [3.63, 3.8) is 0 Å². The second-order valence-electron chi connectivity index (χ2n) is 7.02. The van der Waals surface area contributed by atoms with Crippen molar-refractivity contribution in [1.29, 1.82) is 0 Å². The van der Waals surface area contributed by atoms with E-state index in [1.807, 2.05) is 24.3 Å². The fourth-order valence-corrected chi connectivity index (χ4v) is 3.54. The molecule has 3 nitrogen and oxygen atoms in total. The lowest BCUT2D eigenvalue weighted by Gasteiger charge is -2.36. The molecule has 1 aliphatic rings. The summed E-state index contributed by atoms with van der Waals surface area (Å²) in [7, 11) is 0. The third kappa shape index (κ3) is 4.89. The van der Waals surface area contributed by atoms with Crippen molar-refractivity contribution in [3.8, 4) is 5.75 Å². The van der Waals surface area contributed by atoms with Gasteiger partial charge in [-0.25, -0.2) is 0 Å². The Morgan fingerprint density at radius 2 is 1.33 bits per heavy atom. The van der Waals surface area contributed by atoms with E-state index in [4.69, 9.17) is 4.74 Å². The summed E-state index contributed by atoms with van der Waals surface area (Å²) in [4.78, 5) is 4.99. The van der Waals surface area contributed by atoms with Crippen molar-refractivity contribution in [3.05, 3.63) is 96.1 Å². The van der Waals surface area contributed by atoms with Crippen LogP contribution in [-0.4, -0.2) is 31.1 Å². The summed E-state index contributed by atoms with van der Waals surface area (Å²) >= 11 is 0. The van der Waals surface area contributed by atoms with E-state index in [0.29, 0.717) is 6.61 Å². The molecule has 3 heteroatoms. The number of benzene rings is 3. The van der Waals surface area contributed by atoms with Crippen LogP contribution in [0.1, 0.15) is 11.1 Å². The highest BCUT2D eigenvalue weighted by Gasteiger charge is 2.17. The van der Waals surface area contributed by atoms with Gasteiger partial charge in [0.15, 0.2) is 0 Å². The lowest BCUT2D eigenvalue weighted by Crippen LogP contribution is -2.45. The minimum Gasteiger partial charge on any atom is -0.489 e. The van der Waals surface area contributed by atoms with Crippen LogP contribution in [0.5, 0.6) is 5.75 Å². The van der Waals surface area contributed by atoms with Gasteiger partial charge in [-0.05, 0) is 35.4 Å². The van der Waals surface area contributed by atoms with Gasteiger partial charge in [0.05, 0.1) is 0 Å². The van der Waals surface area contributed by atoms with Gasteiger partial charge in [-0.15, -0.1) is 0 Å². The maximum absolute atomic E-state index is 5.97. The zero-order valence-electron chi connectivity index (χ0n) is 15.6. The molecule has 0 saturated carbocycles. The van der Waals surface area contributed by atoms with Crippen LogP contribution in [0.3, 0.4) is 0 Å². The third-order valence-corrected chi connectivity index (χ3v) is 5.05. The molecule has 4 rings (SSSR count). The Bertz CT molecular complexity index is 827. The number of ether oxygens (including phenoxy) is 1. The first kappa shape index (κ1) is 17.6. The standard InChI is InChI=1S/C24H26N2O/c1-3-8-21(9-4-1)20-27-24-13-7-10-22(18-24)19-25-14-16-26(17-15-25)23-11-5-2-6-12-23/h1-13,18H,14-17,19-20H2. The summed E-state index contributed by atoms with van der Waals surface area (Å²) in [6.07, 6.45) is 0. The molecule has 0 amide bonds. The van der Waals surface area contributed by atoms with Gasteiger partial charge in [-0.1, -0.05) is 60.7 Å². The second kappa shape index (κ2) is 8.74. The molecule has 0 unspecified atom stereocenters. The third-order valence-electron chi connectivity index (χ3n) is 5.05. The number of anilines is 1. The first-order valence-electron chi connectivity index (χ1n) is 9.65. The monoisotopic (exact) mass is 358 g/mol. The second-order valence-corrected chi connectivity index (χ2v) is 7.02. The predicted molar refractivity (Wildman–Crippen MR) is 111 cm³/mol. The van der Waals surface area contributed by atoms with E-state index in [1.165, 1.54) is 16.8 Å². The Kier molecular flexibility index (Phi) is 5.70. The number of hydrogen-bond donors (Lipinski definition) is 0. The minimum atomic E-state index is 0.611. The van der Waals surface area contributed by atoms with E-state index >= 15 is 0 Å². The van der Waals surface area contributed by atoms with E-state index in [9.17, 15) is 0 Å². The van der Waals surface area contributed by atoms with E-state index in [2.05, 4.69) is 70.5 Å². The van der Waals surface area contributed by atoms with E-state index in [1.54, 1.807) is 0 Å². The summed E-state index contributed by atoms with van der Waals surface area (Å²) < 4.78 is 5.97. The molecule has 0 spiro atoms. The summed E-state index contributed by atoms with van der Waals surface area (Å²) in [6.45, 7) is 5.92. The number of hydrogen-bond acceptors (Lipinski definition) is 3. The maximum atomic E-state index is 5.97. The van der Waals surface area contributed by atoms with Crippen molar-refractivity contribution in [2.75, 3.05) is 31.1 Å². The molecule has 0 radical (unpaired) electrons. The fourth-order valence-electron chi connectivity index (χ4n) is 3.54. The van der Waals surface area contributed by atoms with Crippen LogP contribution in [0.25, 0.3) is 0 Å². The number of para-hydroxylation sites is 1. The van der Waals surface area contributed by atoms with Crippen LogP contribution in [-0.2, 0) is 13.2 Å². The molecular weight excluding hydrogens is 332 g/mol. The van der Waals surface area contributed by atoms with Gasteiger partial charge in [0.25, 0.3) is 0 Å². The molecule has 1 heterocycles. The summed E-state index contributed by atoms with van der Waals surface area (Å²) in [5, 5.41) is 0. The molecule has 1 aliphatic heterocycles. The zero-order chi connectivity index (χ0) is 18.3. The lowest BCUT2D eigenvalue weighted by molar-refractivity contribution is 0.249. The van der Waals surface area contributed by atoms with Crippen molar-refractivity contribution in [1.82, 2.24) is 4.90 Å². The summed E-state index contributed by atoms with van der Waals surface area (Å²) in [6, 6.07) is 29.5. The molecule has 0 aliphatic carbocycles. The number of nitrogens with zero attached hydrogens (tertiary/aromatic N) is 2. The first-order chi connectivity index (χ1) is 13.4. The Morgan fingerprint density at radius 1 is 0.667 bits per heavy atom.